The summed E-state index contributed by atoms with van der Waals surface area (Å²) >= 11 is 0. The van der Waals surface area contributed by atoms with Crippen LogP contribution in [0.1, 0.15) is 66.2 Å². The Hall–Kier alpha value is -3.16. The molecular weight excluding hydrogens is 516 g/mol. The van der Waals surface area contributed by atoms with Gasteiger partial charge in [-0.1, -0.05) is 52.0 Å². The Morgan fingerprint density at radius 1 is 0.683 bits per heavy atom. The molecule has 0 N–H and O–H groups in total. The van der Waals surface area contributed by atoms with Crippen LogP contribution < -0.4 is 0 Å². The summed E-state index contributed by atoms with van der Waals surface area (Å²) in [6.07, 6.45) is 11.4. The summed E-state index contributed by atoms with van der Waals surface area (Å²) in [6.45, 7) is 24.9. The highest BCUT2D eigenvalue weighted by Gasteiger charge is 2.46. The molecule has 0 aromatic heterocycles. The van der Waals surface area contributed by atoms with Crippen LogP contribution in [0.4, 0.5) is 0 Å². The van der Waals surface area contributed by atoms with E-state index in [2.05, 4.69) is 54.0 Å². The van der Waals surface area contributed by atoms with Crippen molar-refractivity contribution in [1.29, 1.82) is 0 Å². The van der Waals surface area contributed by atoms with Crippen LogP contribution >= 0.6 is 0 Å². The summed E-state index contributed by atoms with van der Waals surface area (Å²) in [5.74, 6) is 2.83. The predicted octanol–water partition coefficient (Wildman–Crippen LogP) is 6.79. The van der Waals surface area contributed by atoms with Crippen LogP contribution in [0, 0.1) is 17.3 Å². The second kappa shape index (κ2) is 14.6. The van der Waals surface area contributed by atoms with Gasteiger partial charge >= 0.3 is 0 Å². The van der Waals surface area contributed by atoms with Gasteiger partial charge in [-0.15, -0.1) is 26.3 Å². The number of methoxy groups -OCH3 is 4. The minimum atomic E-state index is -0.737. The van der Waals surface area contributed by atoms with Crippen LogP contribution in [0.3, 0.4) is 0 Å². The average molecular weight is 569 g/mol. The number of hydrogen-bond donors (Lipinski definition) is 0. The van der Waals surface area contributed by atoms with E-state index in [4.69, 9.17) is 38.9 Å². The highest BCUT2D eigenvalue weighted by Crippen LogP contribution is 2.43. The molecule has 0 radical (unpaired) electrons. The van der Waals surface area contributed by atoms with Crippen LogP contribution in [0.2, 0.25) is 0 Å². The molecule has 0 fully saturated rings. The van der Waals surface area contributed by atoms with E-state index in [1.54, 1.807) is 28.4 Å². The zero-order valence-electron chi connectivity index (χ0n) is 26.6. The molecule has 0 spiro atoms. The SMILES string of the molecule is C=CC[C@]1(CCC(C=C)(C=C)CC[C@@]2(CC=C)N=C(OC)[C@@H](C(C)C)N=C2OC)N=C(OC)[C@@H](C(C)C)N=C1OC. The number of ether oxygens (including phenoxy) is 4. The maximum absolute atomic E-state index is 5.86. The van der Waals surface area contributed by atoms with Gasteiger partial charge in [-0.05, 0) is 50.4 Å². The molecule has 2 rings (SSSR count). The van der Waals surface area contributed by atoms with E-state index in [0.717, 1.165) is 0 Å². The minimum absolute atomic E-state index is 0.198. The number of nitrogens with zero attached hydrogens (tertiary/aromatic N) is 4. The first-order valence-electron chi connectivity index (χ1n) is 14.5. The average Bonchev–Trinajstić information content (AvgIpc) is 2.97. The van der Waals surface area contributed by atoms with Crippen LogP contribution in [-0.2, 0) is 18.9 Å². The lowest BCUT2D eigenvalue weighted by Gasteiger charge is -2.40. The van der Waals surface area contributed by atoms with E-state index >= 15 is 0 Å². The number of rotatable bonds is 14. The highest BCUT2D eigenvalue weighted by molar-refractivity contribution is 5.98. The molecule has 228 valence electrons. The third-order valence-electron chi connectivity index (χ3n) is 8.32. The van der Waals surface area contributed by atoms with Crippen molar-refractivity contribution in [2.75, 3.05) is 28.4 Å². The molecule has 8 nitrogen and oxygen atoms in total. The topological polar surface area (TPSA) is 86.4 Å². The molecule has 8 heteroatoms. The summed E-state index contributed by atoms with van der Waals surface area (Å²) in [4.78, 5) is 20.2. The largest absolute Gasteiger partial charge is 0.483 e. The Bertz CT molecular complexity index is 989. The lowest BCUT2D eigenvalue weighted by Crippen LogP contribution is -2.48. The molecule has 0 saturated heterocycles. The van der Waals surface area contributed by atoms with Gasteiger partial charge in [0.05, 0.1) is 28.4 Å². The van der Waals surface area contributed by atoms with Gasteiger partial charge in [0.25, 0.3) is 0 Å². The zero-order chi connectivity index (χ0) is 30.8. The smallest absolute Gasteiger partial charge is 0.213 e. The van der Waals surface area contributed by atoms with Crippen LogP contribution in [0.5, 0.6) is 0 Å². The molecule has 0 amide bonds. The van der Waals surface area contributed by atoms with Crippen LogP contribution in [0.15, 0.2) is 70.6 Å². The van der Waals surface area contributed by atoms with E-state index in [1.165, 1.54) is 0 Å². The molecule has 2 aliphatic rings. The van der Waals surface area contributed by atoms with Crippen molar-refractivity contribution >= 4 is 23.6 Å². The van der Waals surface area contributed by atoms with Crippen molar-refractivity contribution in [3.63, 3.8) is 0 Å². The van der Waals surface area contributed by atoms with Gasteiger partial charge in [0.2, 0.25) is 23.6 Å². The first-order valence-corrected chi connectivity index (χ1v) is 14.5. The molecule has 2 aliphatic heterocycles. The first-order chi connectivity index (χ1) is 19.5. The monoisotopic (exact) mass is 568 g/mol. The van der Waals surface area contributed by atoms with Gasteiger partial charge in [0, 0.05) is 5.41 Å². The van der Waals surface area contributed by atoms with Gasteiger partial charge in [0.15, 0.2) is 0 Å². The van der Waals surface area contributed by atoms with Crippen molar-refractivity contribution < 1.29 is 18.9 Å². The van der Waals surface area contributed by atoms with Gasteiger partial charge in [-0.25, -0.2) is 20.0 Å². The second-order valence-corrected chi connectivity index (χ2v) is 11.7. The fourth-order valence-corrected chi connectivity index (χ4v) is 5.71. The Kier molecular flexibility index (Phi) is 12.2. The molecular formula is C33H52N4O4. The Morgan fingerprint density at radius 3 is 1.29 bits per heavy atom. The molecule has 0 aliphatic carbocycles. The quantitative estimate of drug-likeness (QED) is 0.216. The number of allylic oxidation sites excluding steroid dienone is 2. The third-order valence-corrected chi connectivity index (χ3v) is 8.32. The summed E-state index contributed by atoms with van der Waals surface area (Å²) in [5.41, 5.74) is -1.91. The molecule has 0 aromatic carbocycles. The fraction of sp³-hybridized carbons (Fsp3) is 0.636. The summed E-state index contributed by atoms with van der Waals surface area (Å²) in [6, 6.07) is -0.397. The van der Waals surface area contributed by atoms with Gasteiger partial charge < -0.3 is 18.9 Å². The Labute approximate surface area is 248 Å². The fourth-order valence-electron chi connectivity index (χ4n) is 5.71. The van der Waals surface area contributed by atoms with Crippen molar-refractivity contribution in [3.8, 4) is 0 Å². The van der Waals surface area contributed by atoms with E-state index < -0.39 is 16.5 Å². The third kappa shape index (κ3) is 7.19. The zero-order valence-corrected chi connectivity index (χ0v) is 26.6. The summed E-state index contributed by atoms with van der Waals surface area (Å²) in [7, 11) is 6.60. The lowest BCUT2D eigenvalue weighted by molar-refractivity contribution is 0.260. The first kappa shape index (κ1) is 34.0. The van der Waals surface area contributed by atoms with E-state index in [9.17, 15) is 0 Å². The second-order valence-electron chi connectivity index (χ2n) is 11.7. The van der Waals surface area contributed by atoms with Crippen LogP contribution in [0.25, 0.3) is 0 Å². The standard InChI is InChI=1S/C33H52N4O4/c1-13-17-32(29(40-11)34-25(23(5)6)27(36-32)38-9)21-19-31(15-3,16-4)20-22-33(18-14-2)30(41-12)35-26(24(7)8)28(37-33)39-10/h13-16,23-26H,1-4,17-22H2,5-12H3/t25-,26-,32-,33-/m1/s1. The summed E-state index contributed by atoms with van der Waals surface area (Å²) in [5, 5.41) is 0. The van der Waals surface area contributed by atoms with Gasteiger partial charge in [0.1, 0.15) is 23.2 Å². The lowest BCUT2D eigenvalue weighted by atomic mass is 9.72. The summed E-state index contributed by atoms with van der Waals surface area (Å²) < 4.78 is 23.2. The van der Waals surface area contributed by atoms with Crippen molar-refractivity contribution in [3.05, 3.63) is 50.6 Å². The normalized spacial score (nSPS) is 26.3. The van der Waals surface area contributed by atoms with Gasteiger partial charge in [-0.3, -0.25) is 0 Å². The van der Waals surface area contributed by atoms with E-state index in [1.807, 2.05) is 24.3 Å². The van der Waals surface area contributed by atoms with E-state index in [0.29, 0.717) is 62.1 Å². The van der Waals surface area contributed by atoms with Crippen molar-refractivity contribution in [1.82, 2.24) is 0 Å². The molecule has 41 heavy (non-hydrogen) atoms. The molecule has 0 unspecified atom stereocenters. The molecule has 0 bridgehead atoms. The molecule has 4 atom stereocenters. The van der Waals surface area contributed by atoms with Crippen molar-refractivity contribution in [2.24, 2.45) is 37.2 Å². The highest BCUT2D eigenvalue weighted by atomic mass is 16.5. The number of hydrogen-bond acceptors (Lipinski definition) is 8. The molecule has 0 saturated carbocycles. The molecule has 2 heterocycles. The minimum Gasteiger partial charge on any atom is -0.483 e. The van der Waals surface area contributed by atoms with E-state index in [-0.39, 0.29) is 23.9 Å². The maximum Gasteiger partial charge on any atom is 0.213 e. The molecule has 0 aromatic rings. The Morgan fingerprint density at radius 2 is 1.05 bits per heavy atom. The number of aliphatic imine (C=N–C) groups is 4. The maximum atomic E-state index is 5.86. The van der Waals surface area contributed by atoms with Gasteiger partial charge in [-0.2, -0.15) is 0 Å². The predicted molar refractivity (Wildman–Crippen MR) is 171 cm³/mol. The van der Waals surface area contributed by atoms with Crippen molar-refractivity contribution in [2.45, 2.75) is 89.4 Å². The van der Waals surface area contributed by atoms with Crippen LogP contribution in [-0.4, -0.2) is 75.2 Å². The Balaban J connectivity index is 2.47.